The van der Waals surface area contributed by atoms with Crippen molar-refractivity contribution in [3.63, 3.8) is 0 Å². The fourth-order valence-electron chi connectivity index (χ4n) is 2.75. The first-order valence-electron chi connectivity index (χ1n) is 8.06. The van der Waals surface area contributed by atoms with E-state index < -0.39 is 17.6 Å². The van der Waals surface area contributed by atoms with Crippen LogP contribution in [0, 0.1) is 3.57 Å². The molecule has 0 atom stereocenters. The number of hydrogen-bond donors (Lipinski definition) is 1. The van der Waals surface area contributed by atoms with Crippen molar-refractivity contribution in [3.8, 4) is 0 Å². The number of hydrogen-bond acceptors (Lipinski definition) is 3. The van der Waals surface area contributed by atoms with E-state index in [2.05, 4.69) is 5.32 Å². The normalized spacial score (nSPS) is 14.9. The number of amides is 1. The lowest BCUT2D eigenvalue weighted by Gasteiger charge is -2.31. The highest BCUT2D eigenvalue weighted by atomic mass is 127. The third-order valence-electron chi connectivity index (χ3n) is 4.10. The van der Waals surface area contributed by atoms with Crippen LogP contribution in [0.2, 0.25) is 5.02 Å². The van der Waals surface area contributed by atoms with Crippen LogP contribution in [0.5, 0.6) is 0 Å². The van der Waals surface area contributed by atoms with Crippen molar-refractivity contribution in [2.45, 2.75) is 6.18 Å². The van der Waals surface area contributed by atoms with Gasteiger partial charge in [-0.15, -0.1) is 0 Å². The van der Waals surface area contributed by atoms with Crippen molar-refractivity contribution in [3.05, 3.63) is 56.1 Å². The Labute approximate surface area is 172 Å². The highest BCUT2D eigenvalue weighted by molar-refractivity contribution is 14.1. The minimum atomic E-state index is -4.51. The molecule has 4 nitrogen and oxygen atoms in total. The SMILES string of the molecule is O=C(Nc1cc(C(F)(F)F)ccc1N1CCOCC1)c1cc(I)ccc1Cl. The van der Waals surface area contributed by atoms with Gasteiger partial charge in [0.25, 0.3) is 5.91 Å². The Morgan fingerprint density at radius 1 is 1.15 bits per heavy atom. The molecule has 144 valence electrons. The lowest BCUT2D eigenvalue weighted by atomic mass is 10.1. The van der Waals surface area contributed by atoms with Crippen LogP contribution in [-0.2, 0) is 10.9 Å². The van der Waals surface area contributed by atoms with Crippen LogP contribution in [0.4, 0.5) is 24.5 Å². The number of carbonyl (C=O) groups excluding carboxylic acids is 1. The molecule has 2 aromatic rings. The number of alkyl halides is 3. The first-order chi connectivity index (χ1) is 12.8. The summed E-state index contributed by atoms with van der Waals surface area (Å²) in [6.07, 6.45) is -4.51. The van der Waals surface area contributed by atoms with Gasteiger partial charge in [-0.1, -0.05) is 11.6 Å². The number of rotatable bonds is 3. The van der Waals surface area contributed by atoms with Crippen molar-refractivity contribution < 1.29 is 22.7 Å². The molecule has 27 heavy (non-hydrogen) atoms. The van der Waals surface area contributed by atoms with Crippen LogP contribution in [-0.4, -0.2) is 32.2 Å². The molecule has 0 bridgehead atoms. The minimum absolute atomic E-state index is 0.0895. The van der Waals surface area contributed by atoms with E-state index in [0.29, 0.717) is 32.0 Å². The molecule has 1 fully saturated rings. The number of nitrogens with one attached hydrogen (secondary N) is 1. The molecule has 0 radical (unpaired) electrons. The van der Waals surface area contributed by atoms with Gasteiger partial charge in [-0.3, -0.25) is 4.79 Å². The van der Waals surface area contributed by atoms with Gasteiger partial charge in [0.15, 0.2) is 0 Å². The second-order valence-electron chi connectivity index (χ2n) is 5.91. The zero-order valence-corrected chi connectivity index (χ0v) is 16.9. The van der Waals surface area contributed by atoms with Crippen LogP contribution in [0.25, 0.3) is 0 Å². The van der Waals surface area contributed by atoms with Crippen LogP contribution in [0.3, 0.4) is 0 Å². The summed E-state index contributed by atoms with van der Waals surface area (Å²) in [7, 11) is 0. The summed E-state index contributed by atoms with van der Waals surface area (Å²) < 4.78 is 45.5. The highest BCUT2D eigenvalue weighted by Crippen LogP contribution is 2.36. The fraction of sp³-hybridized carbons (Fsp3) is 0.278. The molecule has 2 aromatic carbocycles. The molecule has 1 heterocycles. The lowest BCUT2D eigenvalue weighted by molar-refractivity contribution is -0.137. The first-order valence-corrected chi connectivity index (χ1v) is 9.52. The maximum absolute atomic E-state index is 13.2. The third-order valence-corrected chi connectivity index (χ3v) is 5.10. The Hall–Kier alpha value is -1.52. The molecule has 0 aliphatic carbocycles. The van der Waals surface area contributed by atoms with Gasteiger partial charge in [-0.05, 0) is 59.0 Å². The molecule has 1 N–H and O–H groups in total. The Bertz CT molecular complexity index is 855. The van der Waals surface area contributed by atoms with Gasteiger partial charge in [0.2, 0.25) is 0 Å². The molecule has 1 amide bonds. The molecule has 0 unspecified atom stereocenters. The van der Waals surface area contributed by atoms with Crippen LogP contribution in [0.15, 0.2) is 36.4 Å². The minimum Gasteiger partial charge on any atom is -0.378 e. The Kier molecular flexibility index (Phi) is 6.17. The summed E-state index contributed by atoms with van der Waals surface area (Å²) in [5.41, 5.74) is -0.0227. The molecule has 0 spiro atoms. The van der Waals surface area contributed by atoms with Crippen molar-refractivity contribution in [2.75, 3.05) is 36.5 Å². The summed E-state index contributed by atoms with van der Waals surface area (Å²) in [6, 6.07) is 8.24. The van der Waals surface area contributed by atoms with Gasteiger partial charge in [-0.2, -0.15) is 13.2 Å². The monoisotopic (exact) mass is 510 g/mol. The van der Waals surface area contributed by atoms with Gasteiger partial charge in [0.05, 0.1) is 40.7 Å². The second-order valence-corrected chi connectivity index (χ2v) is 7.56. The van der Waals surface area contributed by atoms with Gasteiger partial charge in [-0.25, -0.2) is 0 Å². The molecule has 3 rings (SSSR count). The summed E-state index contributed by atoms with van der Waals surface area (Å²) in [5, 5.41) is 2.82. The maximum Gasteiger partial charge on any atom is 0.416 e. The molecule has 1 saturated heterocycles. The molecule has 0 saturated carbocycles. The van der Waals surface area contributed by atoms with Gasteiger partial charge >= 0.3 is 6.18 Å². The Morgan fingerprint density at radius 3 is 2.52 bits per heavy atom. The predicted octanol–water partition coefficient (Wildman–Crippen LogP) is 5.05. The Balaban J connectivity index is 1.97. The Morgan fingerprint density at radius 2 is 1.85 bits per heavy atom. The maximum atomic E-state index is 13.2. The summed E-state index contributed by atoms with van der Waals surface area (Å²) >= 11 is 8.11. The number of benzene rings is 2. The van der Waals surface area contributed by atoms with Gasteiger partial charge in [0.1, 0.15) is 0 Å². The van der Waals surface area contributed by atoms with E-state index in [1.54, 1.807) is 18.2 Å². The highest BCUT2D eigenvalue weighted by Gasteiger charge is 2.32. The van der Waals surface area contributed by atoms with E-state index in [9.17, 15) is 18.0 Å². The standard InChI is InChI=1S/C18H15ClF3IN2O2/c19-14-3-2-12(23)10-13(14)17(26)24-15-9-11(18(20,21)22)1-4-16(15)25-5-7-27-8-6-25/h1-4,9-10H,5-8H2,(H,24,26). The third kappa shape index (κ3) is 4.85. The largest absolute Gasteiger partial charge is 0.416 e. The lowest BCUT2D eigenvalue weighted by Crippen LogP contribution is -2.36. The topological polar surface area (TPSA) is 41.6 Å². The van der Waals surface area contributed by atoms with Gasteiger partial charge < -0.3 is 15.0 Å². The van der Waals surface area contributed by atoms with E-state index in [-0.39, 0.29) is 16.3 Å². The average Bonchev–Trinajstić information content (AvgIpc) is 2.63. The van der Waals surface area contributed by atoms with E-state index in [4.69, 9.17) is 16.3 Å². The smallest absolute Gasteiger partial charge is 0.378 e. The number of nitrogens with zero attached hydrogens (tertiary/aromatic N) is 1. The summed E-state index contributed by atoms with van der Waals surface area (Å²) in [4.78, 5) is 14.5. The number of ether oxygens (including phenoxy) is 1. The fourth-order valence-corrected chi connectivity index (χ4v) is 3.45. The van der Waals surface area contributed by atoms with E-state index in [1.807, 2.05) is 27.5 Å². The quantitative estimate of drug-likeness (QED) is 0.588. The molecule has 0 aromatic heterocycles. The zero-order valence-electron chi connectivity index (χ0n) is 13.9. The number of anilines is 2. The summed E-state index contributed by atoms with van der Waals surface area (Å²) in [6.45, 7) is 1.99. The number of halogens is 5. The van der Waals surface area contributed by atoms with Crippen molar-refractivity contribution in [1.82, 2.24) is 0 Å². The van der Waals surface area contributed by atoms with Crippen LogP contribution < -0.4 is 10.2 Å². The average molecular weight is 511 g/mol. The number of carbonyl (C=O) groups is 1. The predicted molar refractivity (Wildman–Crippen MR) is 107 cm³/mol. The summed E-state index contributed by atoms with van der Waals surface area (Å²) in [5.74, 6) is -0.563. The van der Waals surface area contributed by atoms with E-state index in [0.717, 1.165) is 15.7 Å². The molecule has 1 aliphatic rings. The van der Waals surface area contributed by atoms with Crippen molar-refractivity contribution >= 4 is 51.5 Å². The zero-order chi connectivity index (χ0) is 19.6. The molecular formula is C18H15ClF3IN2O2. The van der Waals surface area contributed by atoms with E-state index >= 15 is 0 Å². The van der Waals surface area contributed by atoms with Crippen LogP contribution >= 0.6 is 34.2 Å². The first kappa shape index (κ1) is 20.2. The van der Waals surface area contributed by atoms with Crippen molar-refractivity contribution in [1.29, 1.82) is 0 Å². The molecule has 9 heteroatoms. The second kappa shape index (κ2) is 8.24. The molecular weight excluding hydrogens is 496 g/mol. The van der Waals surface area contributed by atoms with Crippen molar-refractivity contribution in [2.24, 2.45) is 0 Å². The van der Waals surface area contributed by atoms with Gasteiger partial charge in [0, 0.05) is 16.7 Å². The van der Waals surface area contributed by atoms with Crippen LogP contribution in [0.1, 0.15) is 15.9 Å². The number of morpholine rings is 1. The van der Waals surface area contributed by atoms with E-state index in [1.165, 1.54) is 6.07 Å². The molecule has 1 aliphatic heterocycles.